The highest BCUT2D eigenvalue weighted by Gasteiger charge is 2.25. The second-order valence-corrected chi connectivity index (χ2v) is 8.57. The maximum atomic E-state index is 13.4. The van der Waals surface area contributed by atoms with Crippen molar-refractivity contribution in [2.24, 2.45) is 0 Å². The number of hydrogen-bond acceptors (Lipinski definition) is 6. The number of carbonyl (C=O) groups excluding carboxylic acids is 1. The van der Waals surface area contributed by atoms with E-state index in [9.17, 15) is 4.79 Å². The van der Waals surface area contributed by atoms with Gasteiger partial charge in [0, 0.05) is 0 Å². The summed E-state index contributed by atoms with van der Waals surface area (Å²) in [5, 5.41) is 1.55. The number of methoxy groups -OCH3 is 1. The Labute approximate surface area is 171 Å². The molecule has 0 aliphatic rings. The number of amides is 1. The average molecular weight is 410 g/mol. The quantitative estimate of drug-likeness (QED) is 0.453. The molecule has 2 aromatic heterocycles. The van der Waals surface area contributed by atoms with Crippen LogP contribution in [0.2, 0.25) is 0 Å². The van der Waals surface area contributed by atoms with E-state index in [0.29, 0.717) is 16.6 Å². The van der Waals surface area contributed by atoms with E-state index >= 15 is 0 Å². The van der Waals surface area contributed by atoms with E-state index in [2.05, 4.69) is 4.98 Å². The van der Waals surface area contributed by atoms with Gasteiger partial charge in [-0.15, -0.1) is 11.3 Å². The highest BCUT2D eigenvalue weighted by Crippen LogP contribution is 2.34. The van der Waals surface area contributed by atoms with Gasteiger partial charge in [-0.1, -0.05) is 41.7 Å². The molecule has 2 aromatic carbocycles. The molecule has 0 saturated carbocycles. The number of aromatic nitrogens is 2. The van der Waals surface area contributed by atoms with E-state index in [1.165, 1.54) is 22.7 Å². The van der Waals surface area contributed by atoms with E-state index < -0.39 is 0 Å². The Morgan fingerprint density at radius 2 is 1.86 bits per heavy atom. The van der Waals surface area contributed by atoms with Gasteiger partial charge in [-0.3, -0.25) is 9.69 Å². The Morgan fingerprint density at radius 1 is 1.07 bits per heavy atom. The lowest BCUT2D eigenvalue weighted by atomic mass is 10.2. The number of anilines is 1. The fourth-order valence-electron chi connectivity index (χ4n) is 2.98. The number of carbonyl (C=O) groups is 1. The molecular weight excluding hydrogens is 390 g/mol. The van der Waals surface area contributed by atoms with Gasteiger partial charge in [0.25, 0.3) is 5.91 Å². The van der Waals surface area contributed by atoms with Crippen LogP contribution in [0.4, 0.5) is 5.13 Å². The van der Waals surface area contributed by atoms with Crippen LogP contribution in [0.25, 0.3) is 10.2 Å². The summed E-state index contributed by atoms with van der Waals surface area (Å²) < 4.78 is 6.30. The van der Waals surface area contributed by atoms with Crippen LogP contribution in [0, 0.1) is 13.8 Å². The largest absolute Gasteiger partial charge is 0.497 e. The van der Waals surface area contributed by atoms with Crippen LogP contribution in [0.15, 0.2) is 48.5 Å². The predicted molar refractivity (Wildman–Crippen MR) is 115 cm³/mol. The van der Waals surface area contributed by atoms with Gasteiger partial charge >= 0.3 is 0 Å². The molecule has 0 fully saturated rings. The summed E-state index contributed by atoms with van der Waals surface area (Å²) in [5.41, 5.74) is 2.66. The monoisotopic (exact) mass is 409 g/mol. The summed E-state index contributed by atoms with van der Waals surface area (Å²) >= 11 is 2.91. The minimum atomic E-state index is -0.0713. The summed E-state index contributed by atoms with van der Waals surface area (Å²) in [6.45, 7) is 4.24. The summed E-state index contributed by atoms with van der Waals surface area (Å²) in [5.74, 6) is 0.704. The highest BCUT2D eigenvalue weighted by atomic mass is 32.1. The van der Waals surface area contributed by atoms with Crippen LogP contribution in [-0.4, -0.2) is 23.0 Å². The zero-order chi connectivity index (χ0) is 19.7. The first kappa shape index (κ1) is 18.6. The SMILES string of the molecule is COc1ccc2nc(N(Cc3ccccc3)C(=O)c3sc(C)nc3C)sc2c1. The van der Waals surface area contributed by atoms with E-state index in [4.69, 9.17) is 9.72 Å². The number of nitrogens with zero attached hydrogens (tertiary/aromatic N) is 3. The molecule has 0 unspecified atom stereocenters. The van der Waals surface area contributed by atoms with Crippen LogP contribution < -0.4 is 9.64 Å². The van der Waals surface area contributed by atoms with Crippen molar-refractivity contribution in [2.75, 3.05) is 12.0 Å². The zero-order valence-corrected chi connectivity index (χ0v) is 17.4. The van der Waals surface area contributed by atoms with Crippen molar-refractivity contribution >= 4 is 43.9 Å². The Morgan fingerprint density at radius 3 is 2.54 bits per heavy atom. The summed E-state index contributed by atoms with van der Waals surface area (Å²) in [6.07, 6.45) is 0. The Bertz CT molecular complexity index is 1140. The fourth-order valence-corrected chi connectivity index (χ4v) is 4.84. The molecule has 0 N–H and O–H groups in total. The summed E-state index contributed by atoms with van der Waals surface area (Å²) in [4.78, 5) is 25.0. The van der Waals surface area contributed by atoms with E-state index in [1.807, 2.05) is 62.4 Å². The second kappa shape index (κ2) is 7.69. The molecule has 0 saturated heterocycles. The molecule has 5 nitrogen and oxygen atoms in total. The van der Waals surface area contributed by atoms with Gasteiger partial charge in [-0.05, 0) is 37.6 Å². The Kier molecular flexibility index (Phi) is 5.11. The lowest BCUT2D eigenvalue weighted by Crippen LogP contribution is -2.30. The standard InChI is InChI=1S/C21H19N3O2S2/c1-13-19(27-14(2)22-13)20(25)24(12-15-7-5-4-6-8-15)21-23-17-10-9-16(26-3)11-18(17)28-21/h4-11H,12H2,1-3H3. The van der Waals surface area contributed by atoms with Crippen LogP contribution in [0.1, 0.15) is 25.9 Å². The molecule has 0 radical (unpaired) electrons. The zero-order valence-electron chi connectivity index (χ0n) is 15.8. The molecule has 28 heavy (non-hydrogen) atoms. The molecule has 0 bridgehead atoms. The van der Waals surface area contributed by atoms with Crippen LogP contribution >= 0.6 is 22.7 Å². The number of benzene rings is 2. The number of thiazole rings is 2. The Balaban J connectivity index is 1.78. The van der Waals surface area contributed by atoms with Gasteiger partial charge in [0.15, 0.2) is 5.13 Å². The minimum Gasteiger partial charge on any atom is -0.497 e. The number of rotatable bonds is 5. The molecule has 2 heterocycles. The normalized spacial score (nSPS) is 11.0. The molecule has 7 heteroatoms. The van der Waals surface area contributed by atoms with Crippen LogP contribution in [-0.2, 0) is 6.54 Å². The van der Waals surface area contributed by atoms with Gasteiger partial charge in [0.2, 0.25) is 0 Å². The molecular formula is C21H19N3O2S2. The smallest absolute Gasteiger partial charge is 0.272 e. The maximum absolute atomic E-state index is 13.4. The summed E-state index contributed by atoms with van der Waals surface area (Å²) in [6, 6.07) is 15.7. The van der Waals surface area contributed by atoms with Crippen molar-refractivity contribution in [1.29, 1.82) is 0 Å². The van der Waals surface area contributed by atoms with Crippen molar-refractivity contribution in [3.05, 3.63) is 69.7 Å². The third-order valence-corrected chi connectivity index (χ3v) is 6.44. The van der Waals surface area contributed by atoms with Gasteiger partial charge in [-0.25, -0.2) is 9.97 Å². The molecule has 142 valence electrons. The van der Waals surface area contributed by atoms with E-state index in [1.54, 1.807) is 12.0 Å². The molecule has 0 atom stereocenters. The number of ether oxygens (including phenoxy) is 1. The van der Waals surface area contributed by atoms with E-state index in [-0.39, 0.29) is 5.91 Å². The Hall–Kier alpha value is -2.77. The first-order valence-electron chi connectivity index (χ1n) is 8.79. The first-order chi connectivity index (χ1) is 13.5. The van der Waals surface area contributed by atoms with Gasteiger partial charge in [-0.2, -0.15) is 0 Å². The van der Waals surface area contributed by atoms with Gasteiger partial charge in [0.05, 0.1) is 34.6 Å². The third-order valence-electron chi connectivity index (χ3n) is 4.34. The van der Waals surface area contributed by atoms with Crippen molar-refractivity contribution < 1.29 is 9.53 Å². The lowest BCUT2D eigenvalue weighted by molar-refractivity contribution is 0.0988. The minimum absolute atomic E-state index is 0.0713. The fraction of sp³-hybridized carbons (Fsp3) is 0.190. The second-order valence-electron chi connectivity index (χ2n) is 6.35. The topological polar surface area (TPSA) is 55.3 Å². The van der Waals surface area contributed by atoms with Crippen molar-refractivity contribution in [3.63, 3.8) is 0 Å². The van der Waals surface area contributed by atoms with Gasteiger partial charge < -0.3 is 4.74 Å². The lowest BCUT2D eigenvalue weighted by Gasteiger charge is -2.19. The van der Waals surface area contributed by atoms with Gasteiger partial charge in [0.1, 0.15) is 10.6 Å². The van der Waals surface area contributed by atoms with E-state index in [0.717, 1.165) is 32.2 Å². The van der Waals surface area contributed by atoms with Crippen LogP contribution in [0.3, 0.4) is 0 Å². The molecule has 0 aliphatic carbocycles. The molecule has 1 amide bonds. The molecule has 4 aromatic rings. The van der Waals surface area contributed by atoms with Crippen molar-refractivity contribution in [2.45, 2.75) is 20.4 Å². The first-order valence-corrected chi connectivity index (χ1v) is 10.4. The van der Waals surface area contributed by atoms with Crippen LogP contribution in [0.5, 0.6) is 5.75 Å². The van der Waals surface area contributed by atoms with Crippen molar-refractivity contribution in [3.8, 4) is 5.75 Å². The third kappa shape index (κ3) is 3.63. The maximum Gasteiger partial charge on any atom is 0.272 e. The average Bonchev–Trinajstić information content (AvgIpc) is 3.27. The highest BCUT2D eigenvalue weighted by molar-refractivity contribution is 7.22. The predicted octanol–water partition coefficient (Wildman–Crippen LogP) is 5.23. The molecule has 0 aliphatic heterocycles. The van der Waals surface area contributed by atoms with Crippen molar-refractivity contribution in [1.82, 2.24) is 9.97 Å². The number of aryl methyl sites for hydroxylation is 2. The number of hydrogen-bond donors (Lipinski definition) is 0. The number of fused-ring (bicyclic) bond motifs is 1. The molecule has 4 rings (SSSR count). The summed E-state index contributed by atoms with van der Waals surface area (Å²) in [7, 11) is 1.64. The molecule has 0 spiro atoms.